The molecule has 0 saturated carbocycles. The second-order valence-corrected chi connectivity index (χ2v) is 6.14. The maximum absolute atomic E-state index is 14.0. The summed E-state index contributed by atoms with van der Waals surface area (Å²) in [6, 6.07) is 5.63. The van der Waals surface area contributed by atoms with Gasteiger partial charge < -0.3 is 10.1 Å². The zero-order valence-corrected chi connectivity index (χ0v) is 12.3. The number of halogens is 2. The van der Waals surface area contributed by atoms with Crippen molar-refractivity contribution in [1.82, 2.24) is 5.32 Å². The van der Waals surface area contributed by atoms with Gasteiger partial charge in [0.25, 0.3) is 0 Å². The van der Waals surface area contributed by atoms with Crippen LogP contribution in [0.2, 0.25) is 5.02 Å². The van der Waals surface area contributed by atoms with Crippen molar-refractivity contribution in [1.29, 1.82) is 0 Å². The summed E-state index contributed by atoms with van der Waals surface area (Å²) >= 11 is 5.85. The largest absolute Gasteiger partial charge is 0.381 e. The van der Waals surface area contributed by atoms with Gasteiger partial charge in [0, 0.05) is 24.6 Å². The molecule has 2 nitrogen and oxygen atoms in total. The van der Waals surface area contributed by atoms with Gasteiger partial charge in [0.1, 0.15) is 5.82 Å². The topological polar surface area (TPSA) is 21.3 Å². The Morgan fingerprint density at radius 1 is 1.47 bits per heavy atom. The molecule has 0 aromatic heterocycles. The molecule has 1 N–H and O–H groups in total. The van der Waals surface area contributed by atoms with Crippen LogP contribution in [0.5, 0.6) is 0 Å². The molecular weight excluding hydrogens is 265 g/mol. The van der Waals surface area contributed by atoms with Crippen molar-refractivity contribution in [2.75, 3.05) is 19.8 Å². The molecule has 1 atom stereocenters. The first kappa shape index (κ1) is 14.8. The van der Waals surface area contributed by atoms with Crippen molar-refractivity contribution in [3.8, 4) is 0 Å². The smallest absolute Gasteiger partial charge is 0.144 e. The SMILES string of the molecule is CC(C)NCC1(Cc2cccc(Cl)c2F)CCOC1. The van der Waals surface area contributed by atoms with Gasteiger partial charge in [-0.3, -0.25) is 0 Å². The predicted molar refractivity (Wildman–Crippen MR) is 76.1 cm³/mol. The fourth-order valence-corrected chi connectivity index (χ4v) is 2.69. The van der Waals surface area contributed by atoms with E-state index in [2.05, 4.69) is 19.2 Å². The molecule has 0 radical (unpaired) electrons. The highest BCUT2D eigenvalue weighted by Crippen LogP contribution is 2.34. The number of ether oxygens (including phenoxy) is 1. The Labute approximate surface area is 119 Å². The lowest BCUT2D eigenvalue weighted by atomic mass is 9.80. The van der Waals surface area contributed by atoms with Crippen molar-refractivity contribution in [3.63, 3.8) is 0 Å². The van der Waals surface area contributed by atoms with E-state index in [9.17, 15) is 4.39 Å². The van der Waals surface area contributed by atoms with Crippen LogP contribution in [0.1, 0.15) is 25.8 Å². The second kappa shape index (κ2) is 6.21. The normalized spacial score (nSPS) is 23.2. The minimum Gasteiger partial charge on any atom is -0.381 e. The second-order valence-electron chi connectivity index (χ2n) is 5.73. The summed E-state index contributed by atoms with van der Waals surface area (Å²) in [5, 5.41) is 3.64. The molecule has 1 aliphatic heterocycles. The Morgan fingerprint density at radius 2 is 2.26 bits per heavy atom. The lowest BCUT2D eigenvalue weighted by molar-refractivity contribution is 0.147. The summed E-state index contributed by atoms with van der Waals surface area (Å²) < 4.78 is 19.6. The van der Waals surface area contributed by atoms with Gasteiger partial charge in [-0.25, -0.2) is 4.39 Å². The van der Waals surface area contributed by atoms with Crippen LogP contribution in [0.25, 0.3) is 0 Å². The molecule has 0 spiro atoms. The summed E-state index contributed by atoms with van der Waals surface area (Å²) in [7, 11) is 0. The molecule has 19 heavy (non-hydrogen) atoms. The van der Waals surface area contributed by atoms with Gasteiger partial charge in [0.05, 0.1) is 11.6 Å². The van der Waals surface area contributed by atoms with Gasteiger partial charge in [0.15, 0.2) is 0 Å². The van der Waals surface area contributed by atoms with E-state index in [4.69, 9.17) is 16.3 Å². The van der Waals surface area contributed by atoms with Gasteiger partial charge in [-0.1, -0.05) is 37.6 Å². The molecule has 1 saturated heterocycles. The highest BCUT2D eigenvalue weighted by atomic mass is 35.5. The summed E-state index contributed by atoms with van der Waals surface area (Å²) in [5.74, 6) is -0.292. The minimum absolute atomic E-state index is 0.0181. The number of rotatable bonds is 5. The van der Waals surface area contributed by atoms with Crippen LogP contribution >= 0.6 is 11.6 Å². The third kappa shape index (κ3) is 3.68. The Morgan fingerprint density at radius 3 is 2.89 bits per heavy atom. The zero-order valence-electron chi connectivity index (χ0n) is 11.5. The predicted octanol–water partition coefficient (Wildman–Crippen LogP) is 3.43. The quantitative estimate of drug-likeness (QED) is 0.895. The summed E-state index contributed by atoms with van der Waals surface area (Å²) in [4.78, 5) is 0. The maximum Gasteiger partial charge on any atom is 0.144 e. The van der Waals surface area contributed by atoms with Gasteiger partial charge in [-0.15, -0.1) is 0 Å². The maximum atomic E-state index is 14.0. The average Bonchev–Trinajstić information content (AvgIpc) is 2.82. The number of nitrogens with one attached hydrogen (secondary N) is 1. The van der Waals surface area contributed by atoms with E-state index in [1.165, 1.54) is 0 Å². The molecule has 1 aromatic carbocycles. The Hall–Kier alpha value is -0.640. The molecule has 0 amide bonds. The molecular formula is C15H21ClFNO. The molecule has 1 aliphatic rings. The fraction of sp³-hybridized carbons (Fsp3) is 0.600. The van der Waals surface area contributed by atoms with Crippen molar-refractivity contribution in [2.24, 2.45) is 5.41 Å². The molecule has 1 fully saturated rings. The highest BCUT2D eigenvalue weighted by Gasteiger charge is 2.35. The molecule has 1 heterocycles. The molecule has 106 valence electrons. The lowest BCUT2D eigenvalue weighted by Gasteiger charge is -2.29. The third-order valence-electron chi connectivity index (χ3n) is 3.67. The zero-order chi connectivity index (χ0) is 13.9. The Bertz CT molecular complexity index is 430. The summed E-state index contributed by atoms with van der Waals surface area (Å²) in [5.41, 5.74) is 0.666. The van der Waals surface area contributed by atoms with Gasteiger partial charge in [0.2, 0.25) is 0 Å². The molecule has 1 aromatic rings. The molecule has 0 aliphatic carbocycles. The van der Waals surface area contributed by atoms with Crippen LogP contribution < -0.4 is 5.32 Å². The van der Waals surface area contributed by atoms with Gasteiger partial charge in [-0.05, 0) is 24.5 Å². The first-order valence-corrected chi connectivity index (χ1v) is 7.14. The summed E-state index contributed by atoms with van der Waals surface area (Å²) in [6.45, 7) is 6.50. The fourth-order valence-electron chi connectivity index (χ4n) is 2.50. The Balaban J connectivity index is 2.14. The van der Waals surface area contributed by atoms with Crippen molar-refractivity contribution in [3.05, 3.63) is 34.6 Å². The molecule has 2 rings (SSSR count). The van der Waals surface area contributed by atoms with Crippen LogP contribution in [-0.2, 0) is 11.2 Å². The van der Waals surface area contributed by atoms with Crippen molar-refractivity contribution in [2.45, 2.75) is 32.7 Å². The molecule has 1 unspecified atom stereocenters. The van der Waals surface area contributed by atoms with Crippen LogP contribution in [0.4, 0.5) is 4.39 Å². The van der Waals surface area contributed by atoms with Crippen LogP contribution in [0.3, 0.4) is 0 Å². The third-order valence-corrected chi connectivity index (χ3v) is 3.96. The number of hydrogen-bond donors (Lipinski definition) is 1. The first-order valence-electron chi connectivity index (χ1n) is 6.76. The minimum atomic E-state index is -0.292. The standard InChI is InChI=1S/C15H21ClFNO/c1-11(2)18-9-15(6-7-19-10-15)8-12-4-3-5-13(16)14(12)17/h3-5,11,18H,6-10H2,1-2H3. The number of hydrogen-bond acceptors (Lipinski definition) is 2. The van der Waals surface area contributed by atoms with E-state index in [1.54, 1.807) is 12.1 Å². The van der Waals surface area contributed by atoms with Crippen LogP contribution in [0, 0.1) is 11.2 Å². The van der Waals surface area contributed by atoms with Crippen LogP contribution in [-0.4, -0.2) is 25.8 Å². The first-order chi connectivity index (χ1) is 9.02. The Kier molecular flexibility index (Phi) is 4.82. The lowest BCUT2D eigenvalue weighted by Crippen LogP contribution is -2.39. The van der Waals surface area contributed by atoms with E-state index in [0.717, 1.165) is 19.6 Å². The number of benzene rings is 1. The highest BCUT2D eigenvalue weighted by molar-refractivity contribution is 6.30. The molecule has 0 bridgehead atoms. The average molecular weight is 286 g/mol. The van der Waals surface area contributed by atoms with E-state index < -0.39 is 0 Å². The monoisotopic (exact) mass is 285 g/mol. The van der Waals surface area contributed by atoms with Gasteiger partial charge >= 0.3 is 0 Å². The van der Waals surface area contributed by atoms with Crippen molar-refractivity contribution < 1.29 is 9.13 Å². The van der Waals surface area contributed by atoms with E-state index >= 15 is 0 Å². The van der Waals surface area contributed by atoms with E-state index in [-0.39, 0.29) is 16.3 Å². The summed E-state index contributed by atoms with van der Waals surface area (Å²) in [6.07, 6.45) is 1.62. The van der Waals surface area contributed by atoms with Crippen LogP contribution in [0.15, 0.2) is 18.2 Å². The van der Waals surface area contributed by atoms with Gasteiger partial charge in [-0.2, -0.15) is 0 Å². The van der Waals surface area contributed by atoms with E-state index in [0.29, 0.717) is 24.6 Å². The van der Waals surface area contributed by atoms with Crippen molar-refractivity contribution >= 4 is 11.6 Å². The molecule has 4 heteroatoms. The van der Waals surface area contributed by atoms with E-state index in [1.807, 2.05) is 6.07 Å².